The Hall–Kier alpha value is -1.09. The smallest absolute Gasteiger partial charge is 0.125 e. The number of halogens is 1. The number of benzene rings is 1. The maximum atomic E-state index is 13.0. The molecular formula is C14H21FN2. The van der Waals surface area contributed by atoms with Gasteiger partial charge in [0.1, 0.15) is 5.82 Å². The molecule has 1 saturated carbocycles. The van der Waals surface area contributed by atoms with Crippen molar-refractivity contribution in [3.8, 4) is 0 Å². The quantitative estimate of drug-likeness (QED) is 0.817. The molecule has 0 bridgehead atoms. The van der Waals surface area contributed by atoms with Gasteiger partial charge in [-0.1, -0.05) is 6.07 Å². The van der Waals surface area contributed by atoms with Gasteiger partial charge in [0.15, 0.2) is 0 Å². The van der Waals surface area contributed by atoms with Gasteiger partial charge in [0.2, 0.25) is 0 Å². The lowest BCUT2D eigenvalue weighted by atomic mass is 10.2. The van der Waals surface area contributed by atoms with E-state index in [2.05, 4.69) is 17.1 Å². The standard InChI is InChI=1S/C14H21FN2/c1-11(12-6-7-12)16-8-9-17(2)14-5-3-4-13(15)10-14/h3-5,10-12,16H,6-9H2,1-2H3. The number of hydrogen-bond acceptors (Lipinski definition) is 2. The zero-order chi connectivity index (χ0) is 12.3. The first-order valence-electron chi connectivity index (χ1n) is 6.37. The van der Waals surface area contributed by atoms with Crippen LogP contribution in [-0.4, -0.2) is 26.2 Å². The summed E-state index contributed by atoms with van der Waals surface area (Å²) in [5, 5.41) is 3.52. The van der Waals surface area contributed by atoms with E-state index in [9.17, 15) is 4.39 Å². The van der Waals surface area contributed by atoms with E-state index in [0.29, 0.717) is 6.04 Å². The largest absolute Gasteiger partial charge is 0.373 e. The van der Waals surface area contributed by atoms with Crippen LogP contribution in [0, 0.1) is 11.7 Å². The molecule has 2 rings (SSSR count). The molecule has 0 aliphatic heterocycles. The molecule has 1 aromatic carbocycles. The molecule has 1 aliphatic rings. The fourth-order valence-corrected chi connectivity index (χ4v) is 2.07. The Morgan fingerprint density at radius 3 is 2.88 bits per heavy atom. The molecule has 3 heteroatoms. The van der Waals surface area contributed by atoms with Crippen molar-refractivity contribution < 1.29 is 4.39 Å². The van der Waals surface area contributed by atoms with Gasteiger partial charge in [-0.2, -0.15) is 0 Å². The molecular weight excluding hydrogens is 215 g/mol. The highest BCUT2D eigenvalue weighted by Gasteiger charge is 2.27. The Bertz CT molecular complexity index is 363. The molecule has 94 valence electrons. The summed E-state index contributed by atoms with van der Waals surface area (Å²) in [6, 6.07) is 7.36. The van der Waals surface area contributed by atoms with Crippen LogP contribution in [-0.2, 0) is 0 Å². The molecule has 0 amide bonds. The van der Waals surface area contributed by atoms with E-state index in [1.807, 2.05) is 13.1 Å². The molecule has 0 heterocycles. The SMILES string of the molecule is CC(NCCN(C)c1cccc(F)c1)C1CC1. The van der Waals surface area contributed by atoms with Crippen LogP contribution in [0.25, 0.3) is 0 Å². The molecule has 1 aromatic rings. The predicted octanol–water partition coefficient (Wildman–Crippen LogP) is 2.65. The summed E-state index contributed by atoms with van der Waals surface area (Å²) in [5.74, 6) is 0.711. The van der Waals surface area contributed by atoms with E-state index >= 15 is 0 Å². The molecule has 0 saturated heterocycles. The van der Waals surface area contributed by atoms with Crippen molar-refractivity contribution in [1.29, 1.82) is 0 Å². The normalized spacial score (nSPS) is 16.9. The third-order valence-electron chi connectivity index (χ3n) is 3.49. The van der Waals surface area contributed by atoms with Crippen LogP contribution in [0.5, 0.6) is 0 Å². The van der Waals surface area contributed by atoms with Crippen molar-refractivity contribution in [3.05, 3.63) is 30.1 Å². The first-order chi connectivity index (χ1) is 8.16. The highest BCUT2D eigenvalue weighted by molar-refractivity contribution is 5.45. The minimum absolute atomic E-state index is 0.173. The van der Waals surface area contributed by atoms with Gasteiger partial charge in [0.05, 0.1) is 0 Å². The van der Waals surface area contributed by atoms with Crippen LogP contribution < -0.4 is 10.2 Å². The van der Waals surface area contributed by atoms with Gasteiger partial charge in [0.25, 0.3) is 0 Å². The average molecular weight is 236 g/mol. The number of anilines is 1. The van der Waals surface area contributed by atoms with Crippen molar-refractivity contribution in [3.63, 3.8) is 0 Å². The molecule has 1 unspecified atom stereocenters. The fraction of sp³-hybridized carbons (Fsp3) is 0.571. The maximum absolute atomic E-state index is 13.0. The molecule has 1 aliphatic carbocycles. The van der Waals surface area contributed by atoms with Crippen molar-refractivity contribution in [2.75, 3.05) is 25.0 Å². The number of hydrogen-bond donors (Lipinski definition) is 1. The summed E-state index contributed by atoms with van der Waals surface area (Å²) in [6.45, 7) is 4.10. The summed E-state index contributed by atoms with van der Waals surface area (Å²) in [6.07, 6.45) is 2.74. The van der Waals surface area contributed by atoms with Gasteiger partial charge < -0.3 is 10.2 Å². The molecule has 17 heavy (non-hydrogen) atoms. The van der Waals surface area contributed by atoms with E-state index in [0.717, 1.165) is 24.7 Å². The topological polar surface area (TPSA) is 15.3 Å². The Labute approximate surface area is 103 Å². The predicted molar refractivity (Wildman–Crippen MR) is 69.9 cm³/mol. The van der Waals surface area contributed by atoms with E-state index in [1.54, 1.807) is 12.1 Å². The molecule has 1 fully saturated rings. The van der Waals surface area contributed by atoms with E-state index in [1.165, 1.54) is 18.9 Å². The van der Waals surface area contributed by atoms with Crippen LogP contribution in [0.2, 0.25) is 0 Å². The van der Waals surface area contributed by atoms with Crippen LogP contribution in [0.4, 0.5) is 10.1 Å². The number of nitrogens with one attached hydrogen (secondary N) is 1. The minimum atomic E-state index is -0.173. The average Bonchev–Trinajstić information content (AvgIpc) is 3.12. The second-order valence-electron chi connectivity index (χ2n) is 4.98. The molecule has 0 radical (unpaired) electrons. The van der Waals surface area contributed by atoms with E-state index < -0.39 is 0 Å². The fourth-order valence-electron chi connectivity index (χ4n) is 2.07. The first kappa shape index (κ1) is 12.4. The lowest BCUT2D eigenvalue weighted by Crippen LogP contribution is -2.35. The number of likely N-dealkylation sites (N-methyl/N-ethyl adjacent to an activating group) is 1. The zero-order valence-corrected chi connectivity index (χ0v) is 10.6. The monoisotopic (exact) mass is 236 g/mol. The molecule has 1 atom stereocenters. The molecule has 0 spiro atoms. The Kier molecular flexibility index (Phi) is 4.00. The Morgan fingerprint density at radius 2 is 2.24 bits per heavy atom. The van der Waals surface area contributed by atoms with Crippen LogP contribution in [0.3, 0.4) is 0 Å². The van der Waals surface area contributed by atoms with Gasteiger partial charge in [-0.3, -0.25) is 0 Å². The highest BCUT2D eigenvalue weighted by atomic mass is 19.1. The third-order valence-corrected chi connectivity index (χ3v) is 3.49. The van der Waals surface area contributed by atoms with Gasteiger partial charge in [-0.05, 0) is 43.9 Å². The lowest BCUT2D eigenvalue weighted by molar-refractivity contribution is 0.501. The van der Waals surface area contributed by atoms with Crippen molar-refractivity contribution >= 4 is 5.69 Å². The van der Waals surface area contributed by atoms with E-state index in [-0.39, 0.29) is 5.82 Å². The van der Waals surface area contributed by atoms with Gasteiger partial charge in [-0.25, -0.2) is 4.39 Å². The third kappa shape index (κ3) is 3.70. The van der Waals surface area contributed by atoms with Crippen LogP contribution in [0.15, 0.2) is 24.3 Å². The summed E-state index contributed by atoms with van der Waals surface area (Å²) < 4.78 is 13.0. The number of rotatable bonds is 6. The second kappa shape index (κ2) is 5.50. The summed E-state index contributed by atoms with van der Waals surface area (Å²) in [7, 11) is 2.00. The number of nitrogens with zero attached hydrogens (tertiary/aromatic N) is 1. The highest BCUT2D eigenvalue weighted by Crippen LogP contribution is 2.32. The first-order valence-corrected chi connectivity index (χ1v) is 6.37. The van der Waals surface area contributed by atoms with Gasteiger partial charge >= 0.3 is 0 Å². The van der Waals surface area contributed by atoms with Gasteiger partial charge in [0, 0.05) is 31.9 Å². The molecule has 0 aromatic heterocycles. The lowest BCUT2D eigenvalue weighted by Gasteiger charge is -2.21. The summed E-state index contributed by atoms with van der Waals surface area (Å²) in [4.78, 5) is 2.08. The Morgan fingerprint density at radius 1 is 1.47 bits per heavy atom. The van der Waals surface area contributed by atoms with Crippen molar-refractivity contribution in [1.82, 2.24) is 5.32 Å². The summed E-state index contributed by atoms with van der Waals surface area (Å²) >= 11 is 0. The van der Waals surface area contributed by atoms with Crippen LogP contribution in [0.1, 0.15) is 19.8 Å². The maximum Gasteiger partial charge on any atom is 0.125 e. The molecule has 2 nitrogen and oxygen atoms in total. The minimum Gasteiger partial charge on any atom is -0.373 e. The van der Waals surface area contributed by atoms with Crippen LogP contribution >= 0.6 is 0 Å². The van der Waals surface area contributed by atoms with E-state index in [4.69, 9.17) is 0 Å². The molecule has 1 N–H and O–H groups in total. The summed E-state index contributed by atoms with van der Waals surface area (Å²) in [5.41, 5.74) is 0.936. The second-order valence-corrected chi connectivity index (χ2v) is 4.98. The van der Waals surface area contributed by atoms with Crippen molar-refractivity contribution in [2.24, 2.45) is 5.92 Å². The van der Waals surface area contributed by atoms with Gasteiger partial charge in [-0.15, -0.1) is 0 Å². The Balaban J connectivity index is 1.74. The zero-order valence-electron chi connectivity index (χ0n) is 10.6. The van der Waals surface area contributed by atoms with Crippen molar-refractivity contribution in [2.45, 2.75) is 25.8 Å².